The smallest absolute Gasteiger partial charge is 0.326 e. The summed E-state index contributed by atoms with van der Waals surface area (Å²) < 4.78 is 0.756. The molecule has 0 aliphatic rings. The molecule has 0 spiro atoms. The molecule has 0 saturated heterocycles. The molecule has 1 aromatic carbocycles. The normalized spacial score (nSPS) is 12.3. The number of rotatable bonds is 5. The first-order chi connectivity index (χ1) is 8.81. The van der Waals surface area contributed by atoms with Crippen LogP contribution in [-0.2, 0) is 4.79 Å². The van der Waals surface area contributed by atoms with Crippen LogP contribution in [0.3, 0.4) is 0 Å². The largest absolute Gasteiger partial charge is 0.480 e. The van der Waals surface area contributed by atoms with Crippen molar-refractivity contribution in [2.45, 2.75) is 26.3 Å². The molecule has 2 N–H and O–H groups in total. The van der Waals surface area contributed by atoms with E-state index in [1.165, 1.54) is 0 Å². The number of amides is 1. The molecule has 19 heavy (non-hydrogen) atoms. The van der Waals surface area contributed by atoms with Crippen LogP contribution in [0, 0.1) is 5.92 Å². The van der Waals surface area contributed by atoms with E-state index in [0.717, 1.165) is 4.47 Å². The van der Waals surface area contributed by atoms with E-state index in [1.54, 1.807) is 18.2 Å². The van der Waals surface area contributed by atoms with E-state index in [4.69, 9.17) is 16.7 Å². The summed E-state index contributed by atoms with van der Waals surface area (Å²) in [7, 11) is 0. The summed E-state index contributed by atoms with van der Waals surface area (Å²) in [6.07, 6.45) is 0.370. The summed E-state index contributed by atoms with van der Waals surface area (Å²) in [6.45, 7) is 3.80. The van der Waals surface area contributed by atoms with Crippen LogP contribution in [0.15, 0.2) is 22.7 Å². The van der Waals surface area contributed by atoms with Gasteiger partial charge in [0.2, 0.25) is 0 Å². The fourth-order valence-corrected chi connectivity index (χ4v) is 2.36. The first kappa shape index (κ1) is 16.0. The monoisotopic (exact) mass is 347 g/mol. The van der Waals surface area contributed by atoms with Crippen molar-refractivity contribution < 1.29 is 14.7 Å². The van der Waals surface area contributed by atoms with Crippen LogP contribution in [0.1, 0.15) is 30.6 Å². The molecule has 0 heterocycles. The number of carbonyl (C=O) groups is 2. The zero-order chi connectivity index (χ0) is 14.6. The Morgan fingerprint density at radius 2 is 2.05 bits per heavy atom. The van der Waals surface area contributed by atoms with E-state index < -0.39 is 17.9 Å². The molecular weight excluding hydrogens is 334 g/mol. The third-order valence-corrected chi connectivity index (χ3v) is 3.29. The lowest BCUT2D eigenvalue weighted by Gasteiger charge is -2.16. The van der Waals surface area contributed by atoms with Crippen molar-refractivity contribution in [1.29, 1.82) is 0 Å². The van der Waals surface area contributed by atoms with Gasteiger partial charge in [-0.15, -0.1) is 0 Å². The molecule has 1 atom stereocenters. The number of hydrogen-bond donors (Lipinski definition) is 2. The number of hydrogen-bond acceptors (Lipinski definition) is 2. The first-order valence-corrected chi connectivity index (χ1v) is 6.97. The summed E-state index contributed by atoms with van der Waals surface area (Å²) in [4.78, 5) is 23.1. The van der Waals surface area contributed by atoms with Crippen LogP contribution < -0.4 is 5.32 Å². The average molecular weight is 349 g/mol. The highest BCUT2D eigenvalue weighted by atomic mass is 79.9. The quantitative estimate of drug-likeness (QED) is 0.857. The molecule has 4 nitrogen and oxygen atoms in total. The van der Waals surface area contributed by atoms with E-state index in [0.29, 0.717) is 6.42 Å². The van der Waals surface area contributed by atoms with Crippen molar-refractivity contribution in [2.24, 2.45) is 5.92 Å². The summed E-state index contributed by atoms with van der Waals surface area (Å²) in [5.41, 5.74) is 0.264. The minimum atomic E-state index is -1.05. The zero-order valence-electron chi connectivity index (χ0n) is 10.6. The minimum Gasteiger partial charge on any atom is -0.480 e. The Morgan fingerprint density at radius 3 is 2.53 bits per heavy atom. The van der Waals surface area contributed by atoms with E-state index in [-0.39, 0.29) is 16.5 Å². The SMILES string of the molecule is CC(C)C[C@@H](NC(=O)c1ccc(Br)cc1Cl)C(=O)O. The molecule has 104 valence electrons. The first-order valence-electron chi connectivity index (χ1n) is 5.80. The van der Waals surface area contributed by atoms with Crippen molar-refractivity contribution in [2.75, 3.05) is 0 Å². The van der Waals surface area contributed by atoms with Crippen molar-refractivity contribution in [3.05, 3.63) is 33.3 Å². The standard InChI is InChI=1S/C13H15BrClNO3/c1-7(2)5-11(13(18)19)16-12(17)9-4-3-8(14)6-10(9)15/h3-4,6-7,11H,5H2,1-2H3,(H,16,17)(H,18,19)/t11-/m1/s1. The third kappa shape index (κ3) is 4.84. The fourth-order valence-electron chi connectivity index (χ4n) is 1.60. The number of carboxylic acids is 1. The zero-order valence-corrected chi connectivity index (χ0v) is 13.0. The van der Waals surface area contributed by atoms with E-state index in [9.17, 15) is 9.59 Å². The van der Waals surface area contributed by atoms with Gasteiger partial charge in [0.1, 0.15) is 6.04 Å². The molecule has 0 bridgehead atoms. The third-order valence-electron chi connectivity index (χ3n) is 2.49. The Morgan fingerprint density at radius 1 is 1.42 bits per heavy atom. The van der Waals surface area contributed by atoms with Crippen LogP contribution in [0.25, 0.3) is 0 Å². The second-order valence-electron chi connectivity index (χ2n) is 4.62. The van der Waals surface area contributed by atoms with E-state index >= 15 is 0 Å². The summed E-state index contributed by atoms with van der Waals surface area (Å²) in [6, 6.07) is 3.91. The highest BCUT2D eigenvalue weighted by molar-refractivity contribution is 9.10. The van der Waals surface area contributed by atoms with Crippen LogP contribution in [0.4, 0.5) is 0 Å². The molecule has 1 rings (SSSR count). The van der Waals surface area contributed by atoms with Gasteiger partial charge in [-0.05, 0) is 30.5 Å². The Hall–Kier alpha value is -1.07. The summed E-state index contributed by atoms with van der Waals surface area (Å²) in [5.74, 6) is -1.36. The maximum atomic E-state index is 12.0. The van der Waals surface area contributed by atoms with E-state index in [2.05, 4.69) is 21.2 Å². The predicted molar refractivity (Wildman–Crippen MR) is 77.5 cm³/mol. The second-order valence-corrected chi connectivity index (χ2v) is 5.94. The van der Waals surface area contributed by atoms with Gasteiger partial charge in [-0.1, -0.05) is 41.4 Å². The average Bonchev–Trinajstić information content (AvgIpc) is 2.26. The van der Waals surface area contributed by atoms with Gasteiger partial charge in [0.05, 0.1) is 10.6 Å². The lowest BCUT2D eigenvalue weighted by Crippen LogP contribution is -2.41. The number of aliphatic carboxylic acids is 1. The Kier molecular flexibility index (Phi) is 5.82. The maximum absolute atomic E-state index is 12.0. The molecule has 0 saturated carbocycles. The molecule has 0 aliphatic carbocycles. The van der Waals surface area contributed by atoms with Crippen molar-refractivity contribution >= 4 is 39.4 Å². The van der Waals surface area contributed by atoms with Gasteiger partial charge in [0, 0.05) is 4.47 Å². The highest BCUT2D eigenvalue weighted by Gasteiger charge is 2.22. The van der Waals surface area contributed by atoms with Gasteiger partial charge in [-0.2, -0.15) is 0 Å². The van der Waals surface area contributed by atoms with Crippen LogP contribution in [-0.4, -0.2) is 23.0 Å². The van der Waals surface area contributed by atoms with Crippen molar-refractivity contribution in [3.8, 4) is 0 Å². The molecule has 1 aromatic rings. The molecule has 0 radical (unpaired) electrons. The van der Waals surface area contributed by atoms with Gasteiger partial charge in [0.15, 0.2) is 0 Å². The number of nitrogens with one attached hydrogen (secondary N) is 1. The number of benzene rings is 1. The van der Waals surface area contributed by atoms with Crippen LogP contribution in [0.2, 0.25) is 5.02 Å². The fraction of sp³-hybridized carbons (Fsp3) is 0.385. The molecule has 0 fully saturated rings. The number of carboxylic acid groups (broad SMARTS) is 1. The molecular formula is C13H15BrClNO3. The topological polar surface area (TPSA) is 66.4 Å². The molecule has 6 heteroatoms. The van der Waals surface area contributed by atoms with Gasteiger partial charge < -0.3 is 10.4 Å². The van der Waals surface area contributed by atoms with Crippen molar-refractivity contribution in [3.63, 3.8) is 0 Å². The Balaban J connectivity index is 2.84. The molecule has 1 amide bonds. The van der Waals surface area contributed by atoms with Gasteiger partial charge in [0.25, 0.3) is 5.91 Å². The molecule has 0 unspecified atom stereocenters. The van der Waals surface area contributed by atoms with Crippen LogP contribution >= 0.6 is 27.5 Å². The van der Waals surface area contributed by atoms with E-state index in [1.807, 2.05) is 13.8 Å². The Bertz CT molecular complexity index is 491. The molecule has 0 aliphatic heterocycles. The second kappa shape index (κ2) is 6.91. The Labute approximate surface area is 125 Å². The van der Waals surface area contributed by atoms with Gasteiger partial charge >= 0.3 is 5.97 Å². The van der Waals surface area contributed by atoms with Gasteiger partial charge in [-0.3, -0.25) is 4.79 Å². The van der Waals surface area contributed by atoms with Crippen molar-refractivity contribution in [1.82, 2.24) is 5.32 Å². The minimum absolute atomic E-state index is 0.168. The summed E-state index contributed by atoms with van der Waals surface area (Å²) >= 11 is 9.20. The lowest BCUT2D eigenvalue weighted by atomic mass is 10.0. The maximum Gasteiger partial charge on any atom is 0.326 e. The van der Waals surface area contributed by atoms with Crippen LogP contribution in [0.5, 0.6) is 0 Å². The molecule has 0 aromatic heterocycles. The highest BCUT2D eigenvalue weighted by Crippen LogP contribution is 2.21. The predicted octanol–water partition coefficient (Wildman–Crippen LogP) is 3.33. The summed E-state index contributed by atoms with van der Waals surface area (Å²) in [5, 5.41) is 11.8. The number of carbonyl (C=O) groups excluding carboxylic acids is 1. The lowest BCUT2D eigenvalue weighted by molar-refractivity contribution is -0.139. The number of halogens is 2. The van der Waals surface area contributed by atoms with Gasteiger partial charge in [-0.25, -0.2) is 4.79 Å².